The first-order chi connectivity index (χ1) is 17.1. The van der Waals surface area contributed by atoms with E-state index < -0.39 is 6.43 Å². The molecule has 2 aromatic heterocycles. The normalized spacial score (nSPS) is 21.3. The Labute approximate surface area is 202 Å². The summed E-state index contributed by atoms with van der Waals surface area (Å²) in [7, 11) is 0. The number of morpholine rings is 1. The van der Waals surface area contributed by atoms with E-state index in [-0.39, 0.29) is 18.5 Å². The third kappa shape index (κ3) is 5.28. The number of nitrogens with one attached hydrogen (secondary N) is 1. The zero-order valence-corrected chi connectivity index (χ0v) is 19.5. The van der Waals surface area contributed by atoms with Crippen LogP contribution in [0.5, 0.6) is 0 Å². The smallest absolute Gasteiger partial charge is 0.296 e. The van der Waals surface area contributed by atoms with Gasteiger partial charge in [0.15, 0.2) is 5.82 Å². The lowest BCUT2D eigenvalue weighted by atomic mass is 9.86. The highest BCUT2D eigenvalue weighted by Crippen LogP contribution is 2.31. The van der Waals surface area contributed by atoms with Crippen LogP contribution in [0.25, 0.3) is 16.9 Å². The number of fused-ring (bicyclic) bond motifs is 1. The van der Waals surface area contributed by atoms with E-state index in [2.05, 4.69) is 26.3 Å². The predicted molar refractivity (Wildman–Crippen MR) is 130 cm³/mol. The van der Waals surface area contributed by atoms with Crippen LogP contribution < -0.4 is 10.2 Å². The van der Waals surface area contributed by atoms with Crippen molar-refractivity contribution in [1.82, 2.24) is 19.5 Å². The largest absolute Gasteiger partial charge is 0.392 e. The number of aliphatic hydroxyl groups is 1. The molecular formula is C25H30F2N6O2. The Hall–Kier alpha value is -3.11. The summed E-state index contributed by atoms with van der Waals surface area (Å²) >= 11 is 0. The summed E-state index contributed by atoms with van der Waals surface area (Å²) in [5.41, 5.74) is 1.08. The van der Waals surface area contributed by atoms with E-state index in [4.69, 9.17) is 14.8 Å². The number of anilines is 2. The molecule has 0 radical (unpaired) electrons. The maximum absolute atomic E-state index is 14.0. The molecule has 3 heterocycles. The number of rotatable bonds is 7. The number of hydrogen-bond acceptors (Lipinski definition) is 7. The Morgan fingerprint density at radius 3 is 2.54 bits per heavy atom. The Kier molecular flexibility index (Phi) is 7.19. The molecule has 2 N–H and O–H groups in total. The molecule has 0 spiro atoms. The van der Waals surface area contributed by atoms with E-state index in [0.29, 0.717) is 60.8 Å². The summed E-state index contributed by atoms with van der Waals surface area (Å²) in [6.07, 6.45) is 5.03. The molecule has 3 aromatic rings. The molecular weight excluding hydrogens is 454 g/mol. The molecule has 2 fully saturated rings. The fraction of sp³-hybridized carbons (Fsp3) is 0.480. The molecule has 0 bridgehead atoms. The van der Waals surface area contributed by atoms with Gasteiger partial charge in [0.05, 0.1) is 30.9 Å². The van der Waals surface area contributed by atoms with Crippen molar-refractivity contribution in [1.29, 1.82) is 0 Å². The number of nitrogens with zero attached hydrogens (tertiary/aromatic N) is 5. The molecule has 1 saturated heterocycles. The minimum atomic E-state index is -2.75. The van der Waals surface area contributed by atoms with E-state index in [1.165, 1.54) is 4.57 Å². The topological polar surface area (TPSA) is 88.3 Å². The summed E-state index contributed by atoms with van der Waals surface area (Å²) in [5.74, 6) is 1.60. The number of halogens is 2. The summed E-state index contributed by atoms with van der Waals surface area (Å²) < 4.78 is 35.0. The standard InChI is InChI=1S/C25H30F2N6O2/c26-23(27)24-29-19-5-1-2-6-20(19)33(24)22-16-21(32-11-14-35-15-12-32)30-25(31-22)28-18-9-7-17(8-10-18)4-3-13-34/h1-6,16-18,23,34H,7-15H2,(H,28,30,31). The van der Waals surface area contributed by atoms with Crippen LogP contribution in [0.4, 0.5) is 20.5 Å². The molecule has 5 rings (SSSR count). The van der Waals surface area contributed by atoms with E-state index in [0.717, 1.165) is 25.7 Å². The Balaban J connectivity index is 1.49. The first kappa shape index (κ1) is 23.6. The van der Waals surface area contributed by atoms with E-state index in [1.807, 2.05) is 6.07 Å². The molecule has 8 nitrogen and oxygen atoms in total. The van der Waals surface area contributed by atoms with Crippen molar-refractivity contribution in [2.75, 3.05) is 43.1 Å². The van der Waals surface area contributed by atoms with Crippen LogP contribution in [-0.2, 0) is 4.74 Å². The van der Waals surface area contributed by atoms with Gasteiger partial charge in [-0.15, -0.1) is 0 Å². The van der Waals surface area contributed by atoms with Gasteiger partial charge in [-0.05, 0) is 43.7 Å². The molecule has 1 aromatic carbocycles. The second-order valence-corrected chi connectivity index (χ2v) is 8.97. The Morgan fingerprint density at radius 2 is 1.80 bits per heavy atom. The van der Waals surface area contributed by atoms with Gasteiger partial charge in [-0.2, -0.15) is 9.97 Å². The lowest BCUT2D eigenvalue weighted by molar-refractivity contribution is 0.122. The first-order valence-electron chi connectivity index (χ1n) is 12.1. The van der Waals surface area contributed by atoms with Gasteiger partial charge in [0, 0.05) is 25.2 Å². The van der Waals surface area contributed by atoms with Gasteiger partial charge in [0.1, 0.15) is 11.6 Å². The number of aromatic nitrogens is 4. The second kappa shape index (κ2) is 10.7. The molecule has 10 heteroatoms. The molecule has 186 valence electrons. The molecule has 0 atom stereocenters. The number of allylic oxidation sites excluding steroid dienone is 1. The number of benzene rings is 1. The number of hydrogen-bond donors (Lipinski definition) is 2. The van der Waals surface area contributed by atoms with Gasteiger partial charge in [0.2, 0.25) is 5.95 Å². The van der Waals surface area contributed by atoms with E-state index in [9.17, 15) is 8.78 Å². The summed E-state index contributed by atoms with van der Waals surface area (Å²) in [6.45, 7) is 2.58. The van der Waals surface area contributed by atoms with Crippen molar-refractivity contribution >= 4 is 22.8 Å². The second-order valence-electron chi connectivity index (χ2n) is 8.97. The van der Waals surface area contributed by atoms with Gasteiger partial charge in [-0.25, -0.2) is 13.8 Å². The average molecular weight is 485 g/mol. The number of aliphatic hydroxyl groups excluding tert-OH is 1. The quantitative estimate of drug-likeness (QED) is 0.488. The highest BCUT2D eigenvalue weighted by atomic mass is 19.3. The maximum atomic E-state index is 14.0. The van der Waals surface area contributed by atoms with Gasteiger partial charge < -0.3 is 20.1 Å². The molecule has 0 unspecified atom stereocenters. The third-order valence-corrected chi connectivity index (χ3v) is 6.66. The Morgan fingerprint density at radius 1 is 1.06 bits per heavy atom. The van der Waals surface area contributed by atoms with Crippen molar-refractivity contribution in [2.24, 2.45) is 5.92 Å². The minimum absolute atomic E-state index is 0.0622. The number of imidazole rings is 1. The van der Waals surface area contributed by atoms with Crippen molar-refractivity contribution in [3.05, 3.63) is 48.3 Å². The van der Waals surface area contributed by atoms with Crippen molar-refractivity contribution in [2.45, 2.75) is 38.2 Å². The van der Waals surface area contributed by atoms with Gasteiger partial charge in [-0.3, -0.25) is 4.57 Å². The number of ether oxygens (including phenoxy) is 1. The lowest BCUT2D eigenvalue weighted by Gasteiger charge is -2.30. The summed E-state index contributed by atoms with van der Waals surface area (Å²) in [4.78, 5) is 15.7. The van der Waals surface area contributed by atoms with E-state index in [1.54, 1.807) is 30.3 Å². The maximum Gasteiger partial charge on any atom is 0.296 e. The van der Waals surface area contributed by atoms with Crippen molar-refractivity contribution < 1.29 is 18.6 Å². The molecule has 35 heavy (non-hydrogen) atoms. The lowest BCUT2D eigenvalue weighted by Crippen LogP contribution is -2.37. The highest BCUT2D eigenvalue weighted by Gasteiger charge is 2.25. The van der Waals surface area contributed by atoms with Gasteiger partial charge in [0.25, 0.3) is 6.43 Å². The van der Waals surface area contributed by atoms with Crippen LogP contribution >= 0.6 is 0 Å². The predicted octanol–water partition coefficient (Wildman–Crippen LogP) is 4.11. The van der Waals surface area contributed by atoms with E-state index >= 15 is 0 Å². The van der Waals surface area contributed by atoms with Crippen LogP contribution in [0, 0.1) is 5.92 Å². The van der Waals surface area contributed by atoms with Crippen molar-refractivity contribution in [3.8, 4) is 5.82 Å². The molecule has 1 aliphatic heterocycles. The van der Waals surface area contributed by atoms with Gasteiger partial charge >= 0.3 is 0 Å². The minimum Gasteiger partial charge on any atom is -0.392 e. The summed E-state index contributed by atoms with van der Waals surface area (Å²) in [6, 6.07) is 9.04. The number of para-hydroxylation sites is 2. The van der Waals surface area contributed by atoms with Crippen LogP contribution in [0.3, 0.4) is 0 Å². The monoisotopic (exact) mass is 484 g/mol. The SMILES string of the molecule is OCC=CC1CCC(Nc2nc(N3CCOCC3)cc(-n3c(C(F)F)nc4ccccc43)n2)CC1. The van der Waals surface area contributed by atoms with Crippen LogP contribution in [0.15, 0.2) is 42.5 Å². The van der Waals surface area contributed by atoms with Crippen LogP contribution in [0.1, 0.15) is 37.9 Å². The summed E-state index contributed by atoms with van der Waals surface area (Å²) in [5, 5.41) is 12.5. The zero-order chi connectivity index (χ0) is 24.2. The van der Waals surface area contributed by atoms with Crippen LogP contribution in [-0.4, -0.2) is 63.6 Å². The first-order valence-corrected chi connectivity index (χ1v) is 12.1. The van der Waals surface area contributed by atoms with Crippen LogP contribution in [0.2, 0.25) is 0 Å². The zero-order valence-electron chi connectivity index (χ0n) is 19.5. The van der Waals surface area contributed by atoms with Crippen molar-refractivity contribution in [3.63, 3.8) is 0 Å². The van der Waals surface area contributed by atoms with Gasteiger partial charge in [-0.1, -0.05) is 24.3 Å². The molecule has 1 saturated carbocycles. The number of alkyl halides is 2. The molecule has 1 aliphatic carbocycles. The molecule has 0 amide bonds. The fourth-order valence-corrected chi connectivity index (χ4v) is 4.88. The average Bonchev–Trinajstić information content (AvgIpc) is 3.29. The fourth-order valence-electron chi connectivity index (χ4n) is 4.88. The molecule has 2 aliphatic rings. The highest BCUT2D eigenvalue weighted by molar-refractivity contribution is 5.78. The third-order valence-electron chi connectivity index (χ3n) is 6.66. The Bertz CT molecular complexity index is 1170.